The molecule has 0 spiro atoms. The van der Waals surface area contributed by atoms with Crippen LogP contribution < -0.4 is 5.32 Å². The topological polar surface area (TPSA) is 44.8 Å². The van der Waals surface area contributed by atoms with Crippen LogP contribution in [0, 0.1) is 5.92 Å². The Hall–Kier alpha value is -1.43. The summed E-state index contributed by atoms with van der Waals surface area (Å²) in [4.78, 5) is 17.3. The minimum atomic E-state index is 0.144. The van der Waals surface area contributed by atoms with E-state index in [-0.39, 0.29) is 17.9 Å². The van der Waals surface area contributed by atoms with E-state index >= 15 is 0 Å². The molecule has 2 aliphatic heterocycles. The Bertz CT molecular complexity index is 498. The SMILES string of the molecule is CC(CN1CCOCC1)N(Cc1ccccc1)C(=O)C1CNC1. The molecule has 5 heteroatoms. The molecule has 5 nitrogen and oxygen atoms in total. The van der Waals surface area contributed by atoms with Crippen LogP contribution in [0.5, 0.6) is 0 Å². The van der Waals surface area contributed by atoms with E-state index in [0.717, 1.165) is 45.9 Å². The smallest absolute Gasteiger partial charge is 0.228 e. The Balaban J connectivity index is 1.66. The van der Waals surface area contributed by atoms with Gasteiger partial charge in [0.2, 0.25) is 5.91 Å². The van der Waals surface area contributed by atoms with Crippen LogP contribution in [-0.2, 0) is 16.1 Å². The fourth-order valence-electron chi connectivity index (χ4n) is 3.18. The Morgan fingerprint density at radius 3 is 2.61 bits per heavy atom. The molecular weight excluding hydrogens is 290 g/mol. The van der Waals surface area contributed by atoms with Gasteiger partial charge in [0.25, 0.3) is 0 Å². The van der Waals surface area contributed by atoms with Crippen molar-refractivity contribution in [1.82, 2.24) is 15.1 Å². The maximum Gasteiger partial charge on any atom is 0.228 e. The highest BCUT2D eigenvalue weighted by molar-refractivity contribution is 5.80. The molecule has 0 aliphatic carbocycles. The van der Waals surface area contributed by atoms with E-state index in [1.807, 2.05) is 18.2 Å². The summed E-state index contributed by atoms with van der Waals surface area (Å²) >= 11 is 0. The van der Waals surface area contributed by atoms with E-state index in [1.54, 1.807) is 0 Å². The molecule has 2 aliphatic rings. The highest BCUT2D eigenvalue weighted by Crippen LogP contribution is 2.16. The van der Waals surface area contributed by atoms with Crippen LogP contribution >= 0.6 is 0 Å². The number of morpholine rings is 1. The van der Waals surface area contributed by atoms with Gasteiger partial charge in [-0.25, -0.2) is 0 Å². The van der Waals surface area contributed by atoms with E-state index < -0.39 is 0 Å². The third-order valence-corrected chi connectivity index (χ3v) is 4.77. The van der Waals surface area contributed by atoms with Crippen molar-refractivity contribution in [2.75, 3.05) is 45.9 Å². The van der Waals surface area contributed by atoms with Crippen LogP contribution in [0.3, 0.4) is 0 Å². The summed E-state index contributed by atoms with van der Waals surface area (Å²) in [6, 6.07) is 10.5. The maximum absolute atomic E-state index is 12.9. The standard InChI is InChI=1S/C18H27N3O2/c1-15(13-20-7-9-23-10-8-20)21(18(22)17-11-19-12-17)14-16-5-3-2-4-6-16/h2-6,15,17,19H,7-14H2,1H3. The molecule has 0 radical (unpaired) electrons. The lowest BCUT2D eigenvalue weighted by Gasteiger charge is -2.38. The van der Waals surface area contributed by atoms with Crippen LogP contribution in [0.4, 0.5) is 0 Å². The highest BCUT2D eigenvalue weighted by Gasteiger charge is 2.32. The van der Waals surface area contributed by atoms with Crippen molar-refractivity contribution in [3.63, 3.8) is 0 Å². The third kappa shape index (κ3) is 4.31. The molecule has 0 aromatic heterocycles. The molecule has 1 unspecified atom stereocenters. The van der Waals surface area contributed by atoms with Gasteiger partial charge in [-0.3, -0.25) is 9.69 Å². The number of ether oxygens (including phenoxy) is 1. The van der Waals surface area contributed by atoms with Crippen LogP contribution in [0.25, 0.3) is 0 Å². The zero-order valence-corrected chi connectivity index (χ0v) is 13.9. The molecule has 0 saturated carbocycles. The Kier molecular flexibility index (Phi) is 5.65. The van der Waals surface area contributed by atoms with Gasteiger partial charge in [0.05, 0.1) is 19.1 Å². The summed E-state index contributed by atoms with van der Waals surface area (Å²) in [5.41, 5.74) is 1.20. The van der Waals surface area contributed by atoms with Gasteiger partial charge in [0.15, 0.2) is 0 Å². The zero-order valence-electron chi connectivity index (χ0n) is 13.9. The number of rotatable bonds is 6. The molecule has 1 aromatic carbocycles. The Morgan fingerprint density at radius 2 is 2.00 bits per heavy atom. The van der Waals surface area contributed by atoms with E-state index in [9.17, 15) is 4.79 Å². The fourth-order valence-corrected chi connectivity index (χ4v) is 3.18. The number of carbonyl (C=O) groups is 1. The first-order valence-electron chi connectivity index (χ1n) is 8.59. The minimum absolute atomic E-state index is 0.144. The van der Waals surface area contributed by atoms with Crippen molar-refractivity contribution in [2.24, 2.45) is 5.92 Å². The van der Waals surface area contributed by atoms with Gasteiger partial charge in [-0.2, -0.15) is 0 Å². The first kappa shape index (κ1) is 16.4. The monoisotopic (exact) mass is 317 g/mol. The lowest BCUT2D eigenvalue weighted by atomic mass is 10.00. The van der Waals surface area contributed by atoms with Crippen LogP contribution in [0.15, 0.2) is 30.3 Å². The first-order valence-corrected chi connectivity index (χ1v) is 8.59. The molecule has 0 bridgehead atoms. The molecular formula is C18H27N3O2. The second kappa shape index (κ2) is 7.90. The highest BCUT2D eigenvalue weighted by atomic mass is 16.5. The molecule has 23 heavy (non-hydrogen) atoms. The van der Waals surface area contributed by atoms with Crippen LogP contribution in [-0.4, -0.2) is 67.7 Å². The summed E-state index contributed by atoms with van der Waals surface area (Å²) in [7, 11) is 0. The lowest BCUT2D eigenvalue weighted by molar-refractivity contribution is -0.140. The van der Waals surface area contributed by atoms with Crippen molar-refractivity contribution in [2.45, 2.75) is 19.5 Å². The van der Waals surface area contributed by atoms with Gasteiger partial charge in [0, 0.05) is 45.3 Å². The van der Waals surface area contributed by atoms with Crippen molar-refractivity contribution in [3.8, 4) is 0 Å². The quantitative estimate of drug-likeness (QED) is 0.849. The maximum atomic E-state index is 12.9. The summed E-state index contributed by atoms with van der Waals surface area (Å²) in [5, 5.41) is 3.21. The van der Waals surface area contributed by atoms with Gasteiger partial charge >= 0.3 is 0 Å². The molecule has 2 heterocycles. The van der Waals surface area contributed by atoms with Crippen molar-refractivity contribution >= 4 is 5.91 Å². The van der Waals surface area contributed by atoms with Gasteiger partial charge in [-0.05, 0) is 12.5 Å². The summed E-state index contributed by atoms with van der Waals surface area (Å²) < 4.78 is 5.42. The summed E-state index contributed by atoms with van der Waals surface area (Å²) in [6.07, 6.45) is 0. The molecule has 1 aromatic rings. The van der Waals surface area contributed by atoms with E-state index in [4.69, 9.17) is 4.74 Å². The Morgan fingerprint density at radius 1 is 1.30 bits per heavy atom. The van der Waals surface area contributed by atoms with E-state index in [1.165, 1.54) is 5.56 Å². The van der Waals surface area contributed by atoms with Crippen LogP contribution in [0.2, 0.25) is 0 Å². The van der Waals surface area contributed by atoms with Gasteiger partial charge < -0.3 is 15.0 Å². The number of nitrogens with one attached hydrogen (secondary N) is 1. The van der Waals surface area contributed by atoms with Crippen LogP contribution in [0.1, 0.15) is 12.5 Å². The molecule has 126 valence electrons. The number of amides is 1. The first-order chi connectivity index (χ1) is 11.2. The van der Waals surface area contributed by atoms with Gasteiger partial charge in [-0.15, -0.1) is 0 Å². The second-order valence-electron chi connectivity index (χ2n) is 6.57. The summed E-state index contributed by atoms with van der Waals surface area (Å²) in [5.74, 6) is 0.430. The predicted molar refractivity (Wildman–Crippen MR) is 90.1 cm³/mol. The number of hydrogen-bond donors (Lipinski definition) is 1. The number of carbonyl (C=O) groups excluding carboxylic acids is 1. The average Bonchev–Trinajstić information content (AvgIpc) is 2.52. The normalized spacial score (nSPS) is 20.7. The van der Waals surface area contributed by atoms with Crippen molar-refractivity contribution in [1.29, 1.82) is 0 Å². The number of benzene rings is 1. The fraction of sp³-hybridized carbons (Fsp3) is 0.611. The van der Waals surface area contributed by atoms with Crippen molar-refractivity contribution in [3.05, 3.63) is 35.9 Å². The molecule has 3 rings (SSSR count). The minimum Gasteiger partial charge on any atom is -0.379 e. The average molecular weight is 317 g/mol. The van der Waals surface area contributed by atoms with E-state index in [2.05, 4.69) is 34.2 Å². The summed E-state index contributed by atoms with van der Waals surface area (Å²) in [6.45, 7) is 8.93. The molecule has 1 amide bonds. The van der Waals surface area contributed by atoms with E-state index in [0.29, 0.717) is 6.54 Å². The largest absolute Gasteiger partial charge is 0.379 e. The van der Waals surface area contributed by atoms with Gasteiger partial charge in [-0.1, -0.05) is 30.3 Å². The number of hydrogen-bond acceptors (Lipinski definition) is 4. The molecule has 1 N–H and O–H groups in total. The molecule has 2 saturated heterocycles. The predicted octanol–water partition coefficient (Wildman–Crippen LogP) is 0.955. The lowest BCUT2D eigenvalue weighted by Crippen LogP contribution is -2.55. The third-order valence-electron chi connectivity index (χ3n) is 4.77. The zero-order chi connectivity index (χ0) is 16.1. The van der Waals surface area contributed by atoms with Crippen molar-refractivity contribution < 1.29 is 9.53 Å². The molecule has 1 atom stereocenters. The molecule has 2 fully saturated rings. The second-order valence-corrected chi connectivity index (χ2v) is 6.57. The number of nitrogens with zero attached hydrogens (tertiary/aromatic N) is 2. The van der Waals surface area contributed by atoms with Gasteiger partial charge in [0.1, 0.15) is 0 Å². The Labute approximate surface area is 138 Å².